The number of benzene rings is 3. The number of aliphatic hydroxyl groups excluding tert-OH is 1. The number of hydrogen-bond donors (Lipinski definition) is 2. The molecule has 32 heavy (non-hydrogen) atoms. The summed E-state index contributed by atoms with van der Waals surface area (Å²) in [6.07, 6.45) is 1.55. The molecule has 0 saturated carbocycles. The Hall–Kier alpha value is -3.80. The molecule has 1 amide bonds. The van der Waals surface area contributed by atoms with Crippen LogP contribution in [-0.2, 0) is 9.59 Å². The average molecular weight is 431 g/mol. The zero-order valence-electron chi connectivity index (χ0n) is 18.0. The molecule has 3 aromatic rings. The summed E-state index contributed by atoms with van der Waals surface area (Å²) >= 11 is 0. The number of hydrogen-bond acceptors (Lipinski definition) is 5. The summed E-state index contributed by atoms with van der Waals surface area (Å²) in [5.74, 6) is -1.42. The Morgan fingerprint density at radius 2 is 1.81 bits per heavy atom. The Balaban J connectivity index is 1.94. The van der Waals surface area contributed by atoms with Gasteiger partial charge in [-0.2, -0.15) is 0 Å². The van der Waals surface area contributed by atoms with Crippen LogP contribution in [0.25, 0.3) is 16.5 Å². The van der Waals surface area contributed by atoms with Crippen LogP contribution in [0.5, 0.6) is 11.5 Å². The number of aliphatic hydroxyl groups is 1. The fourth-order valence-corrected chi connectivity index (χ4v) is 4.24. The van der Waals surface area contributed by atoms with Gasteiger partial charge in [0, 0.05) is 12.1 Å². The highest BCUT2D eigenvalue weighted by molar-refractivity contribution is 6.46. The van der Waals surface area contributed by atoms with E-state index >= 15 is 0 Å². The SMILES string of the molecule is CCCCN1C(=O)C(=O)/C(=C(\O)c2cccc3ccccc23)C1c1ccc(OC)c(O)c1. The van der Waals surface area contributed by atoms with Crippen LogP contribution in [0.15, 0.2) is 66.2 Å². The van der Waals surface area contributed by atoms with E-state index in [1.165, 1.54) is 18.1 Å². The smallest absolute Gasteiger partial charge is 0.295 e. The lowest BCUT2D eigenvalue weighted by Gasteiger charge is -2.25. The van der Waals surface area contributed by atoms with Gasteiger partial charge >= 0.3 is 0 Å². The summed E-state index contributed by atoms with van der Waals surface area (Å²) in [6.45, 7) is 2.37. The molecule has 1 fully saturated rings. The number of likely N-dealkylation sites (tertiary alicyclic amines) is 1. The van der Waals surface area contributed by atoms with Crippen molar-refractivity contribution in [3.63, 3.8) is 0 Å². The molecule has 1 heterocycles. The summed E-state index contributed by atoms with van der Waals surface area (Å²) in [4.78, 5) is 27.6. The zero-order valence-corrected chi connectivity index (χ0v) is 18.0. The van der Waals surface area contributed by atoms with Gasteiger partial charge in [0.2, 0.25) is 0 Å². The number of Topliss-reactive ketones (excluding diaryl/α,β-unsaturated/α-hetero) is 1. The van der Waals surface area contributed by atoms with Gasteiger partial charge < -0.3 is 19.8 Å². The Bertz CT molecular complexity index is 1220. The molecule has 1 aliphatic rings. The van der Waals surface area contributed by atoms with Crippen molar-refractivity contribution in [2.24, 2.45) is 0 Å². The molecule has 1 atom stereocenters. The maximum absolute atomic E-state index is 13.1. The van der Waals surface area contributed by atoms with Crippen molar-refractivity contribution in [1.82, 2.24) is 4.90 Å². The number of unbranched alkanes of at least 4 members (excludes halogenated alkanes) is 1. The number of methoxy groups -OCH3 is 1. The quantitative estimate of drug-likeness (QED) is 0.333. The molecule has 6 heteroatoms. The lowest BCUT2D eigenvalue weighted by atomic mass is 9.93. The molecule has 0 radical (unpaired) electrons. The molecule has 0 spiro atoms. The van der Waals surface area contributed by atoms with E-state index in [9.17, 15) is 19.8 Å². The number of ether oxygens (including phenoxy) is 1. The lowest BCUT2D eigenvalue weighted by molar-refractivity contribution is -0.139. The second-order valence-corrected chi connectivity index (χ2v) is 7.80. The molecule has 3 aromatic carbocycles. The minimum Gasteiger partial charge on any atom is -0.507 e. The Labute approximate surface area is 186 Å². The van der Waals surface area contributed by atoms with Crippen molar-refractivity contribution >= 4 is 28.2 Å². The topological polar surface area (TPSA) is 87.1 Å². The third-order valence-electron chi connectivity index (χ3n) is 5.86. The number of carbonyl (C=O) groups excluding carboxylic acids is 2. The predicted molar refractivity (Wildman–Crippen MR) is 123 cm³/mol. The van der Waals surface area contributed by atoms with E-state index in [2.05, 4.69) is 0 Å². The van der Waals surface area contributed by atoms with E-state index < -0.39 is 17.7 Å². The first-order chi connectivity index (χ1) is 15.5. The normalized spacial score (nSPS) is 17.8. The number of nitrogens with zero attached hydrogens (tertiary/aromatic N) is 1. The largest absolute Gasteiger partial charge is 0.507 e. The van der Waals surface area contributed by atoms with Crippen LogP contribution in [0.2, 0.25) is 0 Å². The Morgan fingerprint density at radius 1 is 1.06 bits per heavy atom. The number of fused-ring (bicyclic) bond motifs is 1. The predicted octanol–water partition coefficient (Wildman–Crippen LogP) is 4.78. The summed E-state index contributed by atoms with van der Waals surface area (Å²) in [5, 5.41) is 23.4. The van der Waals surface area contributed by atoms with E-state index in [-0.39, 0.29) is 22.8 Å². The molecule has 2 N–H and O–H groups in total. The van der Waals surface area contributed by atoms with Crippen LogP contribution in [0.4, 0.5) is 0 Å². The average Bonchev–Trinajstić information content (AvgIpc) is 3.06. The fraction of sp³-hybridized carbons (Fsp3) is 0.231. The highest BCUT2D eigenvalue weighted by Crippen LogP contribution is 2.42. The number of phenols is 1. The molecule has 0 aromatic heterocycles. The molecule has 4 rings (SSSR count). The Kier molecular flexibility index (Phi) is 5.86. The third kappa shape index (κ3) is 3.58. The van der Waals surface area contributed by atoms with Crippen LogP contribution in [0, 0.1) is 0 Å². The summed E-state index contributed by atoms with van der Waals surface area (Å²) in [5.41, 5.74) is 1.03. The van der Waals surface area contributed by atoms with Gasteiger partial charge in [-0.1, -0.05) is 61.9 Å². The number of phenolic OH excluding ortho intramolecular Hbond substituents is 1. The maximum Gasteiger partial charge on any atom is 0.295 e. The van der Waals surface area contributed by atoms with Crippen molar-refractivity contribution in [3.05, 3.63) is 77.4 Å². The monoisotopic (exact) mass is 431 g/mol. The van der Waals surface area contributed by atoms with E-state index in [1.54, 1.807) is 24.3 Å². The van der Waals surface area contributed by atoms with Crippen LogP contribution < -0.4 is 4.74 Å². The molecular weight excluding hydrogens is 406 g/mol. The van der Waals surface area contributed by atoms with Crippen LogP contribution >= 0.6 is 0 Å². The van der Waals surface area contributed by atoms with Gasteiger partial charge in [0.25, 0.3) is 11.7 Å². The minimum atomic E-state index is -0.808. The van der Waals surface area contributed by atoms with Gasteiger partial charge in [0.1, 0.15) is 5.76 Å². The summed E-state index contributed by atoms with van der Waals surface area (Å²) in [7, 11) is 1.45. The van der Waals surface area contributed by atoms with Crippen molar-refractivity contribution in [3.8, 4) is 11.5 Å². The van der Waals surface area contributed by atoms with Gasteiger partial charge in [-0.25, -0.2) is 0 Å². The first-order valence-corrected chi connectivity index (χ1v) is 10.6. The van der Waals surface area contributed by atoms with Gasteiger partial charge in [0.05, 0.1) is 18.7 Å². The molecule has 164 valence electrons. The van der Waals surface area contributed by atoms with E-state index in [0.717, 1.165) is 17.2 Å². The molecule has 1 aliphatic heterocycles. The highest BCUT2D eigenvalue weighted by Gasteiger charge is 2.46. The number of aromatic hydroxyl groups is 1. The van der Waals surface area contributed by atoms with Crippen LogP contribution in [0.3, 0.4) is 0 Å². The zero-order chi connectivity index (χ0) is 22.8. The van der Waals surface area contributed by atoms with Crippen molar-refractivity contribution in [2.75, 3.05) is 13.7 Å². The summed E-state index contributed by atoms with van der Waals surface area (Å²) < 4.78 is 5.13. The Morgan fingerprint density at radius 3 is 2.53 bits per heavy atom. The maximum atomic E-state index is 13.1. The van der Waals surface area contributed by atoms with E-state index in [4.69, 9.17) is 4.74 Å². The van der Waals surface area contributed by atoms with Crippen LogP contribution in [0.1, 0.15) is 36.9 Å². The third-order valence-corrected chi connectivity index (χ3v) is 5.86. The van der Waals surface area contributed by atoms with Gasteiger partial charge in [-0.05, 0) is 34.9 Å². The fourth-order valence-electron chi connectivity index (χ4n) is 4.24. The molecule has 1 unspecified atom stereocenters. The molecule has 6 nitrogen and oxygen atoms in total. The molecular formula is C26H25NO5. The highest BCUT2D eigenvalue weighted by atomic mass is 16.5. The number of rotatable bonds is 6. The number of ketones is 1. The molecule has 0 aliphatic carbocycles. The number of carbonyl (C=O) groups is 2. The van der Waals surface area contributed by atoms with E-state index in [0.29, 0.717) is 24.1 Å². The summed E-state index contributed by atoms with van der Waals surface area (Å²) in [6, 6.07) is 17.0. The van der Waals surface area contributed by atoms with Crippen LogP contribution in [-0.4, -0.2) is 40.5 Å². The number of amides is 1. The van der Waals surface area contributed by atoms with Gasteiger partial charge in [-0.3, -0.25) is 9.59 Å². The lowest BCUT2D eigenvalue weighted by Crippen LogP contribution is -2.30. The first kappa shape index (κ1) is 21.4. The molecule has 0 bridgehead atoms. The molecule has 1 saturated heterocycles. The van der Waals surface area contributed by atoms with Crippen molar-refractivity contribution in [2.45, 2.75) is 25.8 Å². The minimum absolute atomic E-state index is 0.0204. The van der Waals surface area contributed by atoms with E-state index in [1.807, 2.05) is 37.3 Å². The second kappa shape index (κ2) is 8.75. The van der Waals surface area contributed by atoms with Gasteiger partial charge in [0.15, 0.2) is 11.5 Å². The van der Waals surface area contributed by atoms with Gasteiger partial charge in [-0.15, -0.1) is 0 Å². The second-order valence-electron chi connectivity index (χ2n) is 7.80. The van der Waals surface area contributed by atoms with Crippen molar-refractivity contribution < 1.29 is 24.5 Å². The standard InChI is InChI=1S/C26H25NO5/c1-3-4-14-27-23(17-12-13-21(32-2)20(28)15-17)22(25(30)26(27)31)24(29)19-11-7-9-16-8-5-6-10-18(16)19/h5-13,15,23,28-29H,3-4,14H2,1-2H3/b24-22-. The first-order valence-electron chi connectivity index (χ1n) is 10.6. The van der Waals surface area contributed by atoms with Crippen molar-refractivity contribution in [1.29, 1.82) is 0 Å².